The molecule has 0 radical (unpaired) electrons. The number of rotatable bonds is 6. The molecular weight excluding hydrogens is 375 g/mol. The van der Waals surface area contributed by atoms with Crippen molar-refractivity contribution in [1.29, 1.82) is 0 Å². The number of aromatic nitrogens is 2. The van der Waals surface area contributed by atoms with Crippen LogP contribution < -0.4 is 5.32 Å². The van der Waals surface area contributed by atoms with Crippen LogP contribution in [0.15, 0.2) is 24.3 Å². The molecule has 138 valence electrons. The molecule has 1 fully saturated rings. The molecule has 1 N–H and O–H groups in total. The largest absolute Gasteiger partial charge is 0.342 e. The maximum absolute atomic E-state index is 12.9. The number of hydrogen-bond donors (Lipinski definition) is 1. The van der Waals surface area contributed by atoms with Gasteiger partial charge < -0.3 is 10.2 Å². The molecule has 1 aromatic heterocycles. The van der Waals surface area contributed by atoms with Gasteiger partial charge in [0.2, 0.25) is 10.9 Å². The zero-order chi connectivity index (χ0) is 18.4. The van der Waals surface area contributed by atoms with Gasteiger partial charge in [0.25, 0.3) is 5.91 Å². The lowest BCUT2D eigenvalue weighted by atomic mass is 10.1. The van der Waals surface area contributed by atoms with E-state index in [9.17, 15) is 14.0 Å². The summed E-state index contributed by atoms with van der Waals surface area (Å²) in [4.78, 5) is 26.2. The van der Waals surface area contributed by atoms with E-state index in [0.717, 1.165) is 25.9 Å². The standard InChI is InChI=1S/C17H19FN4O2S2/c18-12-4-6-13(7-5-12)19-16(24)17-21-20-14(26-17)10-25-11-15(23)22-8-2-1-3-9-22/h4-7H,1-3,8-11H2,(H,19,24). The number of thioether (sulfide) groups is 1. The average molecular weight is 394 g/mol. The number of likely N-dealkylation sites (tertiary alicyclic amines) is 1. The fraction of sp³-hybridized carbons (Fsp3) is 0.412. The maximum atomic E-state index is 12.9. The van der Waals surface area contributed by atoms with E-state index in [4.69, 9.17) is 0 Å². The van der Waals surface area contributed by atoms with Crippen LogP contribution in [0, 0.1) is 5.82 Å². The predicted octanol–water partition coefficient (Wildman–Crippen LogP) is 3.18. The van der Waals surface area contributed by atoms with Crippen LogP contribution in [0.4, 0.5) is 10.1 Å². The highest BCUT2D eigenvalue weighted by Crippen LogP contribution is 2.19. The normalized spacial score (nSPS) is 14.3. The van der Waals surface area contributed by atoms with Crippen LogP contribution in [0.25, 0.3) is 0 Å². The first-order chi connectivity index (χ1) is 12.6. The van der Waals surface area contributed by atoms with Gasteiger partial charge in [0.15, 0.2) is 0 Å². The number of carbonyl (C=O) groups is 2. The van der Waals surface area contributed by atoms with Gasteiger partial charge in [0.1, 0.15) is 10.8 Å². The zero-order valence-electron chi connectivity index (χ0n) is 14.1. The first kappa shape index (κ1) is 18.8. The second-order valence-electron chi connectivity index (χ2n) is 5.90. The van der Waals surface area contributed by atoms with Gasteiger partial charge in [-0.15, -0.1) is 22.0 Å². The number of hydrogen-bond acceptors (Lipinski definition) is 6. The summed E-state index contributed by atoms with van der Waals surface area (Å²) in [6, 6.07) is 5.52. The van der Waals surface area contributed by atoms with E-state index >= 15 is 0 Å². The third-order valence-electron chi connectivity index (χ3n) is 3.92. The minimum absolute atomic E-state index is 0.161. The molecule has 1 aliphatic rings. The number of piperidine rings is 1. The van der Waals surface area contributed by atoms with Gasteiger partial charge >= 0.3 is 0 Å². The van der Waals surface area contributed by atoms with Crippen LogP contribution in [0.3, 0.4) is 0 Å². The minimum atomic E-state index is -0.380. The number of amides is 2. The molecule has 2 heterocycles. The summed E-state index contributed by atoms with van der Waals surface area (Å²) < 4.78 is 12.9. The van der Waals surface area contributed by atoms with Crippen LogP contribution in [0.5, 0.6) is 0 Å². The molecule has 2 aromatic rings. The molecule has 3 rings (SSSR count). The number of halogens is 1. The van der Waals surface area contributed by atoms with Crippen molar-refractivity contribution >= 4 is 40.6 Å². The zero-order valence-corrected chi connectivity index (χ0v) is 15.7. The highest BCUT2D eigenvalue weighted by atomic mass is 32.2. The Bertz CT molecular complexity index is 760. The molecule has 0 spiro atoms. The smallest absolute Gasteiger partial charge is 0.286 e. The fourth-order valence-electron chi connectivity index (χ4n) is 2.58. The Morgan fingerprint density at radius 2 is 1.88 bits per heavy atom. The highest BCUT2D eigenvalue weighted by molar-refractivity contribution is 7.99. The molecular formula is C17H19FN4O2S2. The molecule has 0 bridgehead atoms. The Hall–Kier alpha value is -2.00. The van der Waals surface area contributed by atoms with E-state index in [1.165, 1.54) is 53.8 Å². The molecule has 26 heavy (non-hydrogen) atoms. The van der Waals surface area contributed by atoms with Gasteiger partial charge in [-0.2, -0.15) is 0 Å². The van der Waals surface area contributed by atoms with E-state index < -0.39 is 0 Å². The summed E-state index contributed by atoms with van der Waals surface area (Å²) in [7, 11) is 0. The first-order valence-corrected chi connectivity index (χ1v) is 10.3. The monoisotopic (exact) mass is 394 g/mol. The van der Waals surface area contributed by atoms with Gasteiger partial charge in [-0.3, -0.25) is 9.59 Å². The lowest BCUT2D eigenvalue weighted by Gasteiger charge is -2.26. The summed E-state index contributed by atoms with van der Waals surface area (Å²) in [5, 5.41) is 11.5. The second-order valence-corrected chi connectivity index (χ2v) is 7.94. The van der Waals surface area contributed by atoms with Crippen LogP contribution in [0.2, 0.25) is 0 Å². The number of carbonyl (C=O) groups excluding carboxylic acids is 2. The van der Waals surface area contributed by atoms with Crippen molar-refractivity contribution < 1.29 is 14.0 Å². The third-order valence-corrected chi connectivity index (χ3v) is 5.96. The molecule has 0 atom stereocenters. The molecule has 1 aromatic carbocycles. The van der Waals surface area contributed by atoms with E-state index in [1.54, 1.807) is 0 Å². The van der Waals surface area contributed by atoms with Crippen molar-refractivity contribution in [2.45, 2.75) is 25.0 Å². The number of nitrogens with one attached hydrogen (secondary N) is 1. The second kappa shape index (κ2) is 9.09. The average Bonchev–Trinajstić information content (AvgIpc) is 3.13. The lowest BCUT2D eigenvalue weighted by Crippen LogP contribution is -2.36. The van der Waals surface area contributed by atoms with Crippen LogP contribution in [-0.4, -0.2) is 45.8 Å². The summed E-state index contributed by atoms with van der Waals surface area (Å²) in [5.74, 6) is 0.373. The Balaban J connectivity index is 1.45. The van der Waals surface area contributed by atoms with Crippen molar-refractivity contribution in [2.75, 3.05) is 24.2 Å². The van der Waals surface area contributed by atoms with Crippen LogP contribution in [-0.2, 0) is 10.5 Å². The van der Waals surface area contributed by atoms with Crippen molar-refractivity contribution in [3.8, 4) is 0 Å². The minimum Gasteiger partial charge on any atom is -0.342 e. The molecule has 2 amide bonds. The molecule has 6 nitrogen and oxygen atoms in total. The van der Waals surface area contributed by atoms with E-state index in [2.05, 4.69) is 15.5 Å². The SMILES string of the molecule is O=C(Nc1ccc(F)cc1)c1nnc(CSCC(=O)N2CCCCC2)s1. The molecule has 1 saturated heterocycles. The molecule has 0 saturated carbocycles. The van der Waals surface area contributed by atoms with Crippen LogP contribution >= 0.6 is 23.1 Å². The highest BCUT2D eigenvalue weighted by Gasteiger charge is 2.17. The Labute approximate surface area is 159 Å². The van der Waals surface area contributed by atoms with Gasteiger partial charge in [0, 0.05) is 24.5 Å². The lowest BCUT2D eigenvalue weighted by molar-refractivity contribution is -0.129. The summed E-state index contributed by atoms with van der Waals surface area (Å²) in [6.07, 6.45) is 3.36. The van der Waals surface area contributed by atoms with E-state index in [0.29, 0.717) is 22.2 Å². The Morgan fingerprint density at radius 1 is 1.15 bits per heavy atom. The molecule has 9 heteroatoms. The number of anilines is 1. The van der Waals surface area contributed by atoms with Crippen molar-refractivity contribution in [3.05, 3.63) is 40.1 Å². The fourth-order valence-corrected chi connectivity index (χ4v) is 4.29. The summed E-state index contributed by atoms with van der Waals surface area (Å²) in [5.41, 5.74) is 0.495. The molecule has 0 aliphatic carbocycles. The summed E-state index contributed by atoms with van der Waals surface area (Å²) >= 11 is 2.68. The maximum Gasteiger partial charge on any atom is 0.286 e. The van der Waals surface area contributed by atoms with Crippen molar-refractivity contribution in [1.82, 2.24) is 15.1 Å². The predicted molar refractivity (Wildman–Crippen MR) is 101 cm³/mol. The topological polar surface area (TPSA) is 75.2 Å². The van der Waals surface area contributed by atoms with E-state index in [1.807, 2.05) is 4.90 Å². The first-order valence-electron chi connectivity index (χ1n) is 8.36. The van der Waals surface area contributed by atoms with Crippen molar-refractivity contribution in [2.24, 2.45) is 0 Å². The van der Waals surface area contributed by atoms with E-state index in [-0.39, 0.29) is 22.6 Å². The number of nitrogens with zero attached hydrogens (tertiary/aromatic N) is 3. The number of benzene rings is 1. The van der Waals surface area contributed by atoms with Crippen molar-refractivity contribution in [3.63, 3.8) is 0 Å². The van der Waals surface area contributed by atoms with Crippen LogP contribution in [0.1, 0.15) is 34.1 Å². The van der Waals surface area contributed by atoms with Gasteiger partial charge in [-0.25, -0.2) is 4.39 Å². The quantitative estimate of drug-likeness (QED) is 0.814. The Morgan fingerprint density at radius 3 is 2.62 bits per heavy atom. The van der Waals surface area contributed by atoms with Gasteiger partial charge in [-0.1, -0.05) is 11.3 Å². The summed E-state index contributed by atoms with van der Waals surface area (Å²) in [6.45, 7) is 1.71. The Kier molecular flexibility index (Phi) is 6.56. The third kappa shape index (κ3) is 5.25. The van der Waals surface area contributed by atoms with Gasteiger partial charge in [0.05, 0.1) is 5.75 Å². The van der Waals surface area contributed by atoms with Gasteiger partial charge in [-0.05, 0) is 43.5 Å². The molecule has 0 unspecified atom stereocenters. The molecule has 1 aliphatic heterocycles.